The maximum atomic E-state index is 13.3. The molecule has 3 heteroatoms. The fourth-order valence-electron chi connectivity index (χ4n) is 1.08. The number of halogens is 1. The minimum absolute atomic E-state index is 0.199. The Morgan fingerprint density at radius 2 is 2.00 bits per heavy atom. The molecule has 0 spiro atoms. The first-order chi connectivity index (χ1) is 6.38. The topological polar surface area (TPSA) is 3.24 Å². The van der Waals surface area contributed by atoms with Gasteiger partial charge in [-0.05, 0) is 35.6 Å². The number of nitrogens with zero attached hydrogens (tertiary/aromatic N) is 1. The van der Waals surface area contributed by atoms with Crippen molar-refractivity contribution in [2.24, 2.45) is 0 Å². The highest BCUT2D eigenvalue weighted by Gasteiger charge is 2.08. The van der Waals surface area contributed by atoms with Crippen LogP contribution in [0.3, 0.4) is 0 Å². The van der Waals surface area contributed by atoms with Crippen LogP contribution in [0, 0.1) is 5.82 Å². The molecule has 1 aromatic rings. The van der Waals surface area contributed by atoms with E-state index < -0.39 is 0 Å². The van der Waals surface area contributed by atoms with Gasteiger partial charge in [-0.3, -0.25) is 4.31 Å². The average Bonchev–Trinajstić information content (AvgIpc) is 2.20. The summed E-state index contributed by atoms with van der Waals surface area (Å²) in [6.45, 7) is 0. The van der Waals surface area contributed by atoms with E-state index in [2.05, 4.69) is 0 Å². The Morgan fingerprint density at radius 1 is 1.15 bits per heavy atom. The van der Waals surface area contributed by atoms with Gasteiger partial charge in [-0.1, -0.05) is 18.2 Å². The van der Waals surface area contributed by atoms with Crippen LogP contribution in [0.2, 0.25) is 0 Å². The highest BCUT2D eigenvalue weighted by atomic mass is 32.2. The predicted octanol–water partition coefficient (Wildman–Crippen LogP) is 3.32. The summed E-state index contributed by atoms with van der Waals surface area (Å²) < 4.78 is 15.0. The standard InChI is InChI=1S/C10H8FNS/c11-9-5-1-2-6-10(9)12-7-3-4-8-13-12/h1-8H. The number of allylic oxidation sites excluding steroid dienone is 2. The zero-order chi connectivity index (χ0) is 9.10. The first kappa shape index (κ1) is 8.38. The Hall–Kier alpha value is -1.22. The fourth-order valence-corrected chi connectivity index (χ4v) is 1.77. The van der Waals surface area contributed by atoms with E-state index in [1.165, 1.54) is 18.0 Å². The number of para-hydroxylation sites is 1. The van der Waals surface area contributed by atoms with E-state index in [-0.39, 0.29) is 5.82 Å². The van der Waals surface area contributed by atoms with Crippen molar-refractivity contribution in [3.05, 3.63) is 53.8 Å². The summed E-state index contributed by atoms with van der Waals surface area (Å²) in [7, 11) is 0. The Balaban J connectivity index is 2.30. The summed E-state index contributed by atoms with van der Waals surface area (Å²) >= 11 is 1.46. The van der Waals surface area contributed by atoms with Crippen LogP contribution in [0.15, 0.2) is 48.0 Å². The van der Waals surface area contributed by atoms with Crippen molar-refractivity contribution in [2.45, 2.75) is 0 Å². The lowest BCUT2D eigenvalue weighted by Gasteiger charge is -2.18. The van der Waals surface area contributed by atoms with Crippen LogP contribution >= 0.6 is 11.9 Å². The first-order valence-corrected chi connectivity index (χ1v) is 4.75. The quantitative estimate of drug-likeness (QED) is 0.629. The summed E-state index contributed by atoms with van der Waals surface area (Å²) in [6.07, 6.45) is 5.63. The molecule has 2 rings (SSSR count). The van der Waals surface area contributed by atoms with E-state index >= 15 is 0 Å². The van der Waals surface area contributed by atoms with Gasteiger partial charge in [0.15, 0.2) is 0 Å². The molecule has 0 bridgehead atoms. The second kappa shape index (κ2) is 3.66. The molecule has 0 aromatic heterocycles. The monoisotopic (exact) mass is 193 g/mol. The SMILES string of the molecule is Fc1ccccc1N1C=CC=CS1. The third-order valence-corrected chi connectivity index (χ3v) is 2.50. The molecule has 0 fully saturated rings. The maximum absolute atomic E-state index is 13.3. The Morgan fingerprint density at radius 3 is 2.69 bits per heavy atom. The van der Waals surface area contributed by atoms with Gasteiger partial charge in [-0.25, -0.2) is 4.39 Å². The van der Waals surface area contributed by atoms with Crippen molar-refractivity contribution in [1.29, 1.82) is 0 Å². The largest absolute Gasteiger partial charge is 0.285 e. The molecule has 0 radical (unpaired) electrons. The number of anilines is 1. The van der Waals surface area contributed by atoms with E-state index in [4.69, 9.17) is 0 Å². The van der Waals surface area contributed by atoms with E-state index in [0.29, 0.717) is 5.69 Å². The van der Waals surface area contributed by atoms with Crippen LogP contribution in [-0.2, 0) is 0 Å². The van der Waals surface area contributed by atoms with Crippen LogP contribution in [0.25, 0.3) is 0 Å². The van der Waals surface area contributed by atoms with Crippen molar-refractivity contribution in [3.8, 4) is 0 Å². The summed E-state index contributed by atoms with van der Waals surface area (Å²) in [4.78, 5) is 0. The van der Waals surface area contributed by atoms with Gasteiger partial charge in [0.05, 0.1) is 5.69 Å². The van der Waals surface area contributed by atoms with Crippen LogP contribution in [0.1, 0.15) is 0 Å². The highest BCUT2D eigenvalue weighted by molar-refractivity contribution is 8.03. The number of rotatable bonds is 1. The summed E-state index contributed by atoms with van der Waals surface area (Å²) in [6, 6.07) is 6.73. The van der Waals surface area contributed by atoms with Gasteiger partial charge in [0, 0.05) is 6.20 Å². The molecule has 1 aromatic carbocycles. The van der Waals surface area contributed by atoms with Crippen molar-refractivity contribution in [2.75, 3.05) is 4.31 Å². The first-order valence-electron chi connectivity index (χ1n) is 3.92. The van der Waals surface area contributed by atoms with Crippen molar-refractivity contribution in [3.63, 3.8) is 0 Å². The van der Waals surface area contributed by atoms with Gasteiger partial charge in [-0.2, -0.15) is 0 Å². The smallest absolute Gasteiger partial charge is 0.147 e. The molecule has 1 nitrogen and oxygen atoms in total. The second-order valence-corrected chi connectivity index (χ2v) is 3.43. The second-order valence-electron chi connectivity index (χ2n) is 2.55. The maximum Gasteiger partial charge on any atom is 0.147 e. The minimum Gasteiger partial charge on any atom is -0.285 e. The summed E-state index contributed by atoms with van der Waals surface area (Å²) in [5.41, 5.74) is 0.591. The number of benzene rings is 1. The molecule has 0 saturated heterocycles. The van der Waals surface area contributed by atoms with Crippen molar-refractivity contribution >= 4 is 17.6 Å². The number of hydrogen-bond donors (Lipinski definition) is 0. The number of hydrogen-bond acceptors (Lipinski definition) is 2. The van der Waals surface area contributed by atoms with Crippen molar-refractivity contribution in [1.82, 2.24) is 0 Å². The van der Waals surface area contributed by atoms with Gasteiger partial charge in [-0.15, -0.1) is 0 Å². The minimum atomic E-state index is -0.199. The van der Waals surface area contributed by atoms with E-state index in [1.54, 1.807) is 16.4 Å². The third kappa shape index (κ3) is 1.75. The van der Waals surface area contributed by atoms with Crippen LogP contribution in [-0.4, -0.2) is 0 Å². The van der Waals surface area contributed by atoms with E-state index in [1.807, 2.05) is 29.8 Å². The molecule has 0 saturated carbocycles. The van der Waals surface area contributed by atoms with Gasteiger partial charge in [0.2, 0.25) is 0 Å². The highest BCUT2D eigenvalue weighted by Crippen LogP contribution is 2.28. The van der Waals surface area contributed by atoms with Gasteiger partial charge in [0.25, 0.3) is 0 Å². The molecule has 66 valence electrons. The fraction of sp³-hybridized carbons (Fsp3) is 0. The lowest BCUT2D eigenvalue weighted by molar-refractivity contribution is 0.630. The Kier molecular flexibility index (Phi) is 2.36. The van der Waals surface area contributed by atoms with E-state index in [9.17, 15) is 4.39 Å². The molecular weight excluding hydrogens is 185 g/mol. The molecule has 0 atom stereocenters. The Bertz CT molecular complexity index is 360. The van der Waals surface area contributed by atoms with Crippen LogP contribution in [0.4, 0.5) is 10.1 Å². The third-order valence-electron chi connectivity index (χ3n) is 1.68. The molecule has 1 aliphatic heterocycles. The van der Waals surface area contributed by atoms with Gasteiger partial charge < -0.3 is 0 Å². The van der Waals surface area contributed by atoms with Gasteiger partial charge in [0.1, 0.15) is 5.82 Å². The lowest BCUT2D eigenvalue weighted by Crippen LogP contribution is -2.06. The molecule has 0 amide bonds. The van der Waals surface area contributed by atoms with Gasteiger partial charge >= 0.3 is 0 Å². The summed E-state index contributed by atoms with van der Waals surface area (Å²) in [5, 5.41) is 1.91. The molecule has 13 heavy (non-hydrogen) atoms. The van der Waals surface area contributed by atoms with Crippen LogP contribution in [0.5, 0.6) is 0 Å². The molecule has 0 unspecified atom stereocenters. The molecule has 1 heterocycles. The molecule has 0 N–H and O–H groups in total. The molecule has 0 aliphatic carbocycles. The van der Waals surface area contributed by atoms with E-state index in [0.717, 1.165) is 0 Å². The molecule has 1 aliphatic rings. The summed E-state index contributed by atoms with van der Waals surface area (Å²) in [5.74, 6) is -0.199. The molecular formula is C10H8FNS. The van der Waals surface area contributed by atoms with Crippen LogP contribution < -0.4 is 4.31 Å². The normalized spacial score (nSPS) is 15.0. The zero-order valence-corrected chi connectivity index (χ0v) is 7.67. The van der Waals surface area contributed by atoms with Crippen molar-refractivity contribution < 1.29 is 4.39 Å². The zero-order valence-electron chi connectivity index (χ0n) is 6.85. The lowest BCUT2D eigenvalue weighted by atomic mass is 10.3. The predicted molar refractivity (Wildman–Crippen MR) is 54.8 cm³/mol. The average molecular weight is 193 g/mol. The Labute approximate surface area is 80.7 Å².